The van der Waals surface area contributed by atoms with Gasteiger partial charge in [-0.2, -0.15) is 0 Å². The van der Waals surface area contributed by atoms with E-state index in [1.807, 2.05) is 57.0 Å². The monoisotopic (exact) mass is 299 g/mol. The second-order valence-electron chi connectivity index (χ2n) is 5.43. The highest BCUT2D eigenvalue weighted by atomic mass is 19.1. The zero-order valence-corrected chi connectivity index (χ0v) is 13.5. The Hall–Kier alpha value is -2.36. The Balaban J connectivity index is 2.24. The van der Waals surface area contributed by atoms with Crippen molar-refractivity contribution in [3.05, 3.63) is 53.3 Å². The SMILES string of the molecule is CCN(C)C=Nc1cc(F)c(Nc2cccc(C)c2)cc1C. The minimum atomic E-state index is -0.307. The summed E-state index contributed by atoms with van der Waals surface area (Å²) in [6, 6.07) is 11.1. The van der Waals surface area contributed by atoms with Crippen LogP contribution in [0.1, 0.15) is 18.1 Å². The third-order valence-electron chi connectivity index (χ3n) is 3.48. The van der Waals surface area contributed by atoms with E-state index in [-0.39, 0.29) is 5.82 Å². The van der Waals surface area contributed by atoms with Crippen LogP contribution in [0.15, 0.2) is 41.4 Å². The van der Waals surface area contributed by atoms with Gasteiger partial charge in [0.2, 0.25) is 0 Å². The van der Waals surface area contributed by atoms with Crippen molar-refractivity contribution >= 4 is 23.4 Å². The first kappa shape index (κ1) is 16.0. The van der Waals surface area contributed by atoms with Gasteiger partial charge in [-0.1, -0.05) is 12.1 Å². The molecule has 0 atom stereocenters. The number of anilines is 2. The molecule has 0 aromatic heterocycles. The summed E-state index contributed by atoms with van der Waals surface area (Å²) in [6.07, 6.45) is 1.72. The summed E-state index contributed by atoms with van der Waals surface area (Å²) in [5.74, 6) is -0.307. The van der Waals surface area contributed by atoms with E-state index in [0.29, 0.717) is 11.4 Å². The van der Waals surface area contributed by atoms with Crippen LogP contribution in [0.4, 0.5) is 21.5 Å². The Morgan fingerprint density at radius 3 is 2.68 bits per heavy atom. The molecule has 0 radical (unpaired) electrons. The number of hydrogen-bond acceptors (Lipinski definition) is 2. The van der Waals surface area contributed by atoms with Gasteiger partial charge in [0.15, 0.2) is 0 Å². The zero-order valence-electron chi connectivity index (χ0n) is 13.5. The molecule has 0 heterocycles. The van der Waals surface area contributed by atoms with Gasteiger partial charge >= 0.3 is 0 Å². The molecule has 2 aromatic carbocycles. The molecule has 0 bridgehead atoms. The number of benzene rings is 2. The molecular formula is C18H22FN3. The molecule has 0 saturated heterocycles. The molecule has 0 spiro atoms. The van der Waals surface area contributed by atoms with Gasteiger partial charge in [-0.05, 0) is 50.1 Å². The van der Waals surface area contributed by atoms with Crippen molar-refractivity contribution in [3.8, 4) is 0 Å². The van der Waals surface area contributed by atoms with Crippen molar-refractivity contribution in [3.63, 3.8) is 0 Å². The molecular weight excluding hydrogens is 277 g/mol. The number of nitrogens with zero attached hydrogens (tertiary/aromatic N) is 2. The van der Waals surface area contributed by atoms with E-state index in [1.54, 1.807) is 12.4 Å². The normalized spacial score (nSPS) is 11.0. The molecule has 4 heteroatoms. The molecule has 2 rings (SSSR count). The minimum Gasteiger partial charge on any atom is -0.366 e. The summed E-state index contributed by atoms with van der Waals surface area (Å²) >= 11 is 0. The smallest absolute Gasteiger partial charge is 0.148 e. The van der Waals surface area contributed by atoms with E-state index in [1.165, 1.54) is 6.07 Å². The van der Waals surface area contributed by atoms with Gasteiger partial charge in [-0.15, -0.1) is 0 Å². The van der Waals surface area contributed by atoms with Crippen molar-refractivity contribution in [2.24, 2.45) is 4.99 Å². The molecule has 0 unspecified atom stereocenters. The van der Waals surface area contributed by atoms with Gasteiger partial charge in [0.1, 0.15) is 5.82 Å². The van der Waals surface area contributed by atoms with Gasteiger partial charge in [0, 0.05) is 25.3 Å². The van der Waals surface area contributed by atoms with E-state index in [4.69, 9.17) is 0 Å². The van der Waals surface area contributed by atoms with Crippen LogP contribution in [0.3, 0.4) is 0 Å². The Bertz CT molecular complexity index is 680. The summed E-state index contributed by atoms with van der Waals surface area (Å²) in [5, 5.41) is 3.12. The van der Waals surface area contributed by atoms with Gasteiger partial charge in [0.05, 0.1) is 17.7 Å². The first-order valence-corrected chi connectivity index (χ1v) is 7.38. The van der Waals surface area contributed by atoms with E-state index in [0.717, 1.165) is 23.4 Å². The molecule has 2 aromatic rings. The van der Waals surface area contributed by atoms with Crippen molar-refractivity contribution in [1.29, 1.82) is 0 Å². The van der Waals surface area contributed by atoms with Crippen LogP contribution in [-0.2, 0) is 0 Å². The summed E-state index contributed by atoms with van der Waals surface area (Å²) in [7, 11) is 1.93. The number of hydrogen-bond donors (Lipinski definition) is 1. The molecule has 3 nitrogen and oxygen atoms in total. The molecule has 1 N–H and O–H groups in total. The lowest BCUT2D eigenvalue weighted by molar-refractivity contribution is 0.552. The predicted octanol–water partition coefficient (Wildman–Crippen LogP) is 4.80. The number of rotatable bonds is 5. The van der Waals surface area contributed by atoms with Gasteiger partial charge in [0.25, 0.3) is 0 Å². The van der Waals surface area contributed by atoms with Gasteiger partial charge < -0.3 is 10.2 Å². The van der Waals surface area contributed by atoms with Crippen LogP contribution in [-0.4, -0.2) is 24.8 Å². The standard InChI is InChI=1S/C18H22FN3/c1-5-22(4)12-20-17-11-16(19)18(10-14(17)3)21-15-8-6-7-13(2)9-15/h6-12,21H,5H2,1-4H3. The second-order valence-corrected chi connectivity index (χ2v) is 5.43. The molecule has 0 fully saturated rings. The Morgan fingerprint density at radius 1 is 1.23 bits per heavy atom. The van der Waals surface area contributed by atoms with Crippen molar-refractivity contribution in [1.82, 2.24) is 4.90 Å². The van der Waals surface area contributed by atoms with Crippen LogP contribution >= 0.6 is 0 Å². The highest BCUT2D eigenvalue weighted by molar-refractivity contribution is 5.68. The van der Waals surface area contributed by atoms with E-state index in [9.17, 15) is 4.39 Å². The molecule has 0 aliphatic carbocycles. The molecule has 0 aliphatic heterocycles. The first-order valence-electron chi connectivity index (χ1n) is 7.38. The van der Waals surface area contributed by atoms with Crippen molar-refractivity contribution < 1.29 is 4.39 Å². The van der Waals surface area contributed by atoms with Crippen LogP contribution in [0, 0.1) is 19.7 Å². The molecule has 116 valence electrons. The summed E-state index contributed by atoms with van der Waals surface area (Å²) < 4.78 is 14.3. The van der Waals surface area contributed by atoms with Crippen LogP contribution in [0.25, 0.3) is 0 Å². The number of aryl methyl sites for hydroxylation is 2. The van der Waals surface area contributed by atoms with Crippen LogP contribution in [0.2, 0.25) is 0 Å². The lowest BCUT2D eigenvalue weighted by Gasteiger charge is -2.12. The van der Waals surface area contributed by atoms with Crippen LogP contribution in [0.5, 0.6) is 0 Å². The third-order valence-corrected chi connectivity index (χ3v) is 3.48. The summed E-state index contributed by atoms with van der Waals surface area (Å²) in [6.45, 7) is 6.83. The number of nitrogens with one attached hydrogen (secondary N) is 1. The molecule has 0 amide bonds. The first-order chi connectivity index (χ1) is 10.5. The quantitative estimate of drug-likeness (QED) is 0.634. The number of halogens is 1. The van der Waals surface area contributed by atoms with Crippen molar-refractivity contribution in [2.75, 3.05) is 18.9 Å². The fourth-order valence-corrected chi connectivity index (χ4v) is 2.03. The Kier molecular flexibility index (Phi) is 5.15. The topological polar surface area (TPSA) is 27.6 Å². The fraction of sp³-hybridized carbons (Fsp3) is 0.278. The van der Waals surface area contributed by atoms with Gasteiger partial charge in [-0.3, -0.25) is 0 Å². The lowest BCUT2D eigenvalue weighted by atomic mass is 10.1. The maximum Gasteiger partial charge on any atom is 0.148 e. The maximum atomic E-state index is 14.3. The average Bonchev–Trinajstić information content (AvgIpc) is 2.49. The largest absolute Gasteiger partial charge is 0.366 e. The second kappa shape index (κ2) is 7.07. The molecule has 22 heavy (non-hydrogen) atoms. The zero-order chi connectivity index (χ0) is 16.1. The Labute approximate surface area is 131 Å². The van der Waals surface area contributed by atoms with E-state index >= 15 is 0 Å². The van der Waals surface area contributed by atoms with Crippen molar-refractivity contribution in [2.45, 2.75) is 20.8 Å². The number of aliphatic imine (C=N–C) groups is 1. The Morgan fingerprint density at radius 2 is 2.00 bits per heavy atom. The molecule has 0 aliphatic rings. The molecule has 0 saturated carbocycles. The van der Waals surface area contributed by atoms with E-state index in [2.05, 4.69) is 10.3 Å². The highest BCUT2D eigenvalue weighted by Gasteiger charge is 2.07. The fourth-order valence-electron chi connectivity index (χ4n) is 2.03. The minimum absolute atomic E-state index is 0.307. The summed E-state index contributed by atoms with van der Waals surface area (Å²) in [5.41, 5.74) is 4.04. The van der Waals surface area contributed by atoms with E-state index < -0.39 is 0 Å². The van der Waals surface area contributed by atoms with Crippen LogP contribution < -0.4 is 5.32 Å². The average molecular weight is 299 g/mol. The third kappa shape index (κ3) is 4.07. The maximum absolute atomic E-state index is 14.3. The summed E-state index contributed by atoms with van der Waals surface area (Å²) in [4.78, 5) is 6.27. The van der Waals surface area contributed by atoms with Gasteiger partial charge in [-0.25, -0.2) is 9.38 Å². The predicted molar refractivity (Wildman–Crippen MR) is 92.1 cm³/mol. The highest BCUT2D eigenvalue weighted by Crippen LogP contribution is 2.28. The lowest BCUT2D eigenvalue weighted by Crippen LogP contribution is -2.14.